The molecule has 1 saturated heterocycles. The van der Waals surface area contributed by atoms with Crippen LogP contribution in [-0.4, -0.2) is 68.5 Å². The Morgan fingerprint density at radius 1 is 1.24 bits per heavy atom. The predicted molar refractivity (Wildman–Crippen MR) is 135 cm³/mol. The molecule has 186 valence electrons. The third kappa shape index (κ3) is 5.43. The average molecular weight is 487 g/mol. The van der Waals surface area contributed by atoms with Crippen LogP contribution in [0, 0.1) is 5.92 Å². The Morgan fingerprint density at radius 2 is 2.00 bits per heavy atom. The summed E-state index contributed by atoms with van der Waals surface area (Å²) in [5.74, 6) is 1.28. The Kier molecular flexibility index (Phi) is 6.74. The number of rotatable bonds is 6. The van der Waals surface area contributed by atoms with Crippen molar-refractivity contribution in [2.24, 2.45) is 5.92 Å². The van der Waals surface area contributed by atoms with Crippen LogP contribution in [0.4, 0.5) is 4.79 Å². The SMILES string of the molecule is CC1CCN(C(=O)OC(C)(C)C)CC1c1nnc2cnc3c(ccn3COCC[Si](C)(C)C)n12. The number of nitrogens with zero attached hydrogens (tertiary/aromatic N) is 6. The van der Waals surface area contributed by atoms with Crippen molar-refractivity contribution in [3.8, 4) is 0 Å². The summed E-state index contributed by atoms with van der Waals surface area (Å²) in [7, 11) is -1.13. The maximum Gasteiger partial charge on any atom is 0.410 e. The van der Waals surface area contributed by atoms with E-state index in [0.29, 0.717) is 31.4 Å². The lowest BCUT2D eigenvalue weighted by Crippen LogP contribution is -2.45. The van der Waals surface area contributed by atoms with Crippen LogP contribution in [0.5, 0.6) is 0 Å². The van der Waals surface area contributed by atoms with Crippen molar-refractivity contribution < 1.29 is 14.3 Å². The summed E-state index contributed by atoms with van der Waals surface area (Å²) in [4.78, 5) is 19.2. The van der Waals surface area contributed by atoms with Gasteiger partial charge in [-0.15, -0.1) is 10.2 Å². The molecular weight excluding hydrogens is 448 g/mol. The first-order valence-corrected chi connectivity index (χ1v) is 15.9. The largest absolute Gasteiger partial charge is 0.444 e. The Balaban J connectivity index is 1.59. The number of hydrogen-bond donors (Lipinski definition) is 0. The fraction of sp³-hybridized carbons (Fsp3) is 0.667. The summed E-state index contributed by atoms with van der Waals surface area (Å²) in [6.45, 7) is 17.4. The number of ether oxygens (including phenoxy) is 2. The summed E-state index contributed by atoms with van der Waals surface area (Å²) in [5.41, 5.74) is 1.98. The van der Waals surface area contributed by atoms with E-state index in [1.165, 1.54) is 0 Å². The van der Waals surface area contributed by atoms with E-state index in [4.69, 9.17) is 9.47 Å². The van der Waals surface area contributed by atoms with E-state index in [0.717, 1.165) is 36.1 Å². The van der Waals surface area contributed by atoms with Gasteiger partial charge in [-0.25, -0.2) is 9.78 Å². The van der Waals surface area contributed by atoms with Gasteiger partial charge in [0.15, 0.2) is 11.3 Å². The lowest BCUT2D eigenvalue weighted by molar-refractivity contribution is 0.0160. The van der Waals surface area contributed by atoms with Gasteiger partial charge in [0.05, 0.1) is 11.7 Å². The second kappa shape index (κ2) is 9.29. The first-order chi connectivity index (χ1) is 15.9. The Bertz CT molecular complexity index is 1160. The molecule has 4 rings (SSSR count). The number of fused-ring (bicyclic) bond motifs is 3. The smallest absolute Gasteiger partial charge is 0.410 e. The normalized spacial score (nSPS) is 19.8. The van der Waals surface area contributed by atoms with Crippen molar-refractivity contribution in [2.75, 3.05) is 19.7 Å². The Labute approximate surface area is 202 Å². The van der Waals surface area contributed by atoms with Crippen LogP contribution in [0.2, 0.25) is 25.7 Å². The Hall–Kier alpha value is -2.46. The molecule has 0 bridgehead atoms. The highest BCUT2D eigenvalue weighted by Crippen LogP contribution is 2.33. The molecule has 0 saturated carbocycles. The van der Waals surface area contributed by atoms with Crippen LogP contribution in [0.1, 0.15) is 45.9 Å². The van der Waals surface area contributed by atoms with Gasteiger partial charge in [0.1, 0.15) is 18.2 Å². The minimum absolute atomic E-state index is 0.0539. The topological polar surface area (TPSA) is 86.8 Å². The molecule has 9 nitrogen and oxygen atoms in total. The van der Waals surface area contributed by atoms with E-state index < -0.39 is 13.7 Å². The molecular formula is C24H38N6O3Si. The minimum atomic E-state index is -1.13. The molecule has 3 aromatic heterocycles. The van der Waals surface area contributed by atoms with Gasteiger partial charge in [-0.1, -0.05) is 26.6 Å². The highest BCUT2D eigenvalue weighted by atomic mass is 28.3. The van der Waals surface area contributed by atoms with Crippen molar-refractivity contribution in [1.82, 2.24) is 29.0 Å². The number of aromatic nitrogens is 5. The third-order valence-electron chi connectivity index (χ3n) is 6.34. The first-order valence-electron chi connectivity index (χ1n) is 12.2. The van der Waals surface area contributed by atoms with Crippen molar-refractivity contribution >= 4 is 31.0 Å². The van der Waals surface area contributed by atoms with Crippen molar-refractivity contribution in [3.05, 3.63) is 24.3 Å². The molecule has 1 aliphatic rings. The molecule has 1 fully saturated rings. The summed E-state index contributed by atoms with van der Waals surface area (Å²) >= 11 is 0. The van der Waals surface area contributed by atoms with Gasteiger partial charge in [0, 0.05) is 39.9 Å². The number of amides is 1. The molecule has 0 N–H and O–H groups in total. The van der Waals surface area contributed by atoms with Crippen molar-refractivity contribution in [1.29, 1.82) is 0 Å². The van der Waals surface area contributed by atoms with Crippen LogP contribution in [0.3, 0.4) is 0 Å². The second-order valence-corrected chi connectivity index (χ2v) is 17.3. The summed E-state index contributed by atoms with van der Waals surface area (Å²) in [6.07, 6.45) is 4.38. The third-order valence-corrected chi connectivity index (χ3v) is 8.04. The van der Waals surface area contributed by atoms with Gasteiger partial charge in [0.2, 0.25) is 0 Å². The van der Waals surface area contributed by atoms with Crippen LogP contribution < -0.4 is 0 Å². The molecule has 2 atom stereocenters. The minimum Gasteiger partial charge on any atom is -0.444 e. The summed E-state index contributed by atoms with van der Waals surface area (Å²) in [5, 5.41) is 8.96. The van der Waals surface area contributed by atoms with E-state index in [9.17, 15) is 4.79 Å². The molecule has 0 radical (unpaired) electrons. The number of hydrogen-bond acceptors (Lipinski definition) is 6. The lowest BCUT2D eigenvalue weighted by Gasteiger charge is -2.37. The first kappa shape index (κ1) is 24.7. The molecule has 0 aromatic carbocycles. The maximum atomic E-state index is 12.7. The van der Waals surface area contributed by atoms with Gasteiger partial charge in [-0.05, 0) is 45.2 Å². The highest BCUT2D eigenvalue weighted by Gasteiger charge is 2.35. The van der Waals surface area contributed by atoms with Gasteiger partial charge in [-0.3, -0.25) is 4.40 Å². The van der Waals surface area contributed by atoms with Crippen LogP contribution >= 0.6 is 0 Å². The van der Waals surface area contributed by atoms with Crippen LogP contribution in [-0.2, 0) is 16.2 Å². The lowest BCUT2D eigenvalue weighted by atomic mass is 9.86. The molecule has 1 aliphatic heterocycles. The van der Waals surface area contributed by atoms with Gasteiger partial charge < -0.3 is 18.9 Å². The Morgan fingerprint density at radius 3 is 2.71 bits per heavy atom. The van der Waals surface area contributed by atoms with Crippen LogP contribution in [0.25, 0.3) is 16.8 Å². The molecule has 3 aromatic rings. The van der Waals surface area contributed by atoms with Crippen molar-refractivity contribution in [3.63, 3.8) is 0 Å². The monoisotopic (exact) mass is 486 g/mol. The van der Waals surface area contributed by atoms with Gasteiger partial charge in [0.25, 0.3) is 0 Å². The predicted octanol–water partition coefficient (Wildman–Crippen LogP) is 4.75. The fourth-order valence-corrected chi connectivity index (χ4v) is 5.07. The second-order valence-electron chi connectivity index (χ2n) is 11.7. The average Bonchev–Trinajstić information content (AvgIpc) is 3.33. The van der Waals surface area contributed by atoms with E-state index in [1.807, 2.05) is 37.6 Å². The highest BCUT2D eigenvalue weighted by molar-refractivity contribution is 6.76. The number of piperidine rings is 1. The fourth-order valence-electron chi connectivity index (χ4n) is 4.31. The summed E-state index contributed by atoms with van der Waals surface area (Å²) in [6, 6.07) is 3.18. The van der Waals surface area contributed by atoms with E-state index >= 15 is 0 Å². The molecule has 2 unspecified atom stereocenters. The number of carbonyl (C=O) groups is 1. The molecule has 0 aliphatic carbocycles. The zero-order valence-electron chi connectivity index (χ0n) is 21.5. The molecule has 4 heterocycles. The molecule has 10 heteroatoms. The van der Waals surface area contributed by atoms with Gasteiger partial charge >= 0.3 is 6.09 Å². The van der Waals surface area contributed by atoms with E-state index in [1.54, 1.807) is 11.1 Å². The molecule has 0 spiro atoms. The standard InChI is InChI=1S/C24H38N6O3Si/c1-17-8-10-28(23(31)33-24(2,3)4)15-18(17)21-27-26-20-14-25-22-19(30(20)21)9-11-29(22)16-32-12-13-34(5,6)7/h9,11,14,17-18H,8,10,12-13,15-16H2,1-7H3. The zero-order valence-corrected chi connectivity index (χ0v) is 22.5. The van der Waals surface area contributed by atoms with E-state index in [2.05, 4.69) is 46.1 Å². The van der Waals surface area contributed by atoms with Crippen molar-refractivity contribution in [2.45, 2.75) is 78.1 Å². The molecule has 1 amide bonds. The quantitative estimate of drug-likeness (QED) is 0.369. The van der Waals surface area contributed by atoms with Crippen LogP contribution in [0.15, 0.2) is 18.5 Å². The number of carbonyl (C=O) groups excluding carboxylic acids is 1. The summed E-state index contributed by atoms with van der Waals surface area (Å²) < 4.78 is 15.7. The zero-order chi connectivity index (χ0) is 24.7. The number of likely N-dealkylation sites (tertiary alicyclic amines) is 1. The van der Waals surface area contributed by atoms with E-state index in [-0.39, 0.29) is 12.0 Å². The van der Waals surface area contributed by atoms with Gasteiger partial charge in [-0.2, -0.15) is 0 Å². The molecule has 34 heavy (non-hydrogen) atoms. The maximum absolute atomic E-state index is 12.7.